The third kappa shape index (κ3) is 5.98. The second kappa shape index (κ2) is 10.2. The third-order valence-corrected chi connectivity index (χ3v) is 6.27. The molecule has 0 saturated heterocycles. The number of carboxylic acid groups (broad SMARTS) is 1. The van der Waals surface area contributed by atoms with Crippen LogP contribution in [0.15, 0.2) is 36.4 Å². The Kier molecular flexibility index (Phi) is 7.24. The summed E-state index contributed by atoms with van der Waals surface area (Å²) in [7, 11) is 3.03. The number of halogens is 1. The van der Waals surface area contributed by atoms with Gasteiger partial charge in [0.1, 0.15) is 11.6 Å². The molecule has 0 amide bonds. The zero-order chi connectivity index (χ0) is 26.0. The molecule has 1 aliphatic rings. The van der Waals surface area contributed by atoms with E-state index in [1.54, 1.807) is 25.3 Å². The van der Waals surface area contributed by atoms with E-state index in [1.165, 1.54) is 13.2 Å². The molecule has 1 aromatic carbocycles. The van der Waals surface area contributed by atoms with Crippen molar-refractivity contribution in [3.63, 3.8) is 0 Å². The summed E-state index contributed by atoms with van der Waals surface area (Å²) in [6.07, 6.45) is 2.56. The number of carbonyl (C=O) groups is 1. The van der Waals surface area contributed by atoms with E-state index in [2.05, 4.69) is 30.7 Å². The Hall–Kier alpha value is -3.55. The molecule has 0 bridgehead atoms. The smallest absolute Gasteiger partial charge is 0.316 e. The number of hydrogen-bond donors (Lipinski definition) is 1. The van der Waals surface area contributed by atoms with Crippen LogP contribution in [0.4, 0.5) is 4.39 Å². The molecule has 3 aromatic rings. The van der Waals surface area contributed by atoms with Crippen LogP contribution < -0.4 is 9.47 Å². The number of carboxylic acids is 1. The van der Waals surface area contributed by atoms with Gasteiger partial charge < -0.3 is 14.6 Å². The fraction of sp³-hybridized carbons (Fsp3) is 0.429. The van der Waals surface area contributed by atoms with E-state index in [0.717, 1.165) is 18.5 Å². The Labute approximate surface area is 210 Å². The molecule has 1 atom stereocenters. The number of aromatic nitrogens is 3. The molecular weight excluding hydrogens is 461 g/mol. The number of hydrogen-bond acceptors (Lipinski definition) is 6. The van der Waals surface area contributed by atoms with Gasteiger partial charge in [-0.15, -0.1) is 0 Å². The molecule has 190 valence electrons. The second-order valence-electron chi connectivity index (χ2n) is 10.5. The van der Waals surface area contributed by atoms with Gasteiger partial charge in [0.2, 0.25) is 0 Å². The lowest BCUT2D eigenvalue weighted by atomic mass is 9.87. The normalized spacial score (nSPS) is 14.4. The predicted octanol–water partition coefficient (Wildman–Crippen LogP) is 5.92. The second-order valence-corrected chi connectivity index (χ2v) is 10.5. The van der Waals surface area contributed by atoms with Gasteiger partial charge in [-0.3, -0.25) is 9.78 Å². The highest BCUT2D eigenvalue weighted by Gasteiger charge is 2.35. The molecule has 0 spiro atoms. The number of rotatable bonds is 9. The summed E-state index contributed by atoms with van der Waals surface area (Å²) in [6.45, 7) is 6.31. The monoisotopic (exact) mass is 493 g/mol. The Balaban J connectivity index is 1.83. The van der Waals surface area contributed by atoms with Crippen molar-refractivity contribution in [1.29, 1.82) is 0 Å². The Morgan fingerprint density at radius 3 is 2.39 bits per heavy atom. The average molecular weight is 494 g/mol. The fourth-order valence-corrected chi connectivity index (χ4v) is 4.42. The molecule has 2 heterocycles. The highest BCUT2D eigenvalue weighted by atomic mass is 19.1. The number of ether oxygens (including phenoxy) is 2. The number of aliphatic carboxylic acids is 1. The van der Waals surface area contributed by atoms with Crippen molar-refractivity contribution in [1.82, 2.24) is 15.0 Å². The SMILES string of the molecule is COc1ccc(F)c(-c2ccc(-c3cc(C(CC(=O)O)C4CC4)nc(OC)n3)nc2CC(C)(C)C)c1. The van der Waals surface area contributed by atoms with Crippen molar-refractivity contribution in [2.75, 3.05) is 14.2 Å². The molecule has 4 rings (SSSR count). The van der Waals surface area contributed by atoms with Crippen molar-refractivity contribution in [2.45, 2.75) is 52.4 Å². The predicted molar refractivity (Wildman–Crippen MR) is 135 cm³/mol. The van der Waals surface area contributed by atoms with Crippen molar-refractivity contribution in [2.24, 2.45) is 11.3 Å². The molecule has 8 heteroatoms. The standard InChI is InChI=1S/C28H32FN3O4/c1-28(2,3)15-25-18(20-12-17(35-4)8-10-21(20)29)9-11-22(30-25)24-14-23(31-27(32-24)36-5)19(13-26(33)34)16-6-7-16/h8-12,14,16,19H,6-7,13,15H2,1-5H3,(H,33,34). The molecule has 1 fully saturated rings. The summed E-state index contributed by atoms with van der Waals surface area (Å²) in [6, 6.07) is 10.3. The molecule has 7 nitrogen and oxygen atoms in total. The van der Waals surface area contributed by atoms with Gasteiger partial charge in [0.25, 0.3) is 0 Å². The largest absolute Gasteiger partial charge is 0.497 e. The summed E-state index contributed by atoms with van der Waals surface area (Å²) >= 11 is 0. The topological polar surface area (TPSA) is 94.4 Å². The molecule has 0 aliphatic heterocycles. The molecule has 1 unspecified atom stereocenters. The van der Waals surface area contributed by atoms with Gasteiger partial charge in [-0.05, 0) is 60.9 Å². The molecule has 1 saturated carbocycles. The Bertz CT molecular complexity index is 1270. The quantitative estimate of drug-likeness (QED) is 0.395. The molecule has 36 heavy (non-hydrogen) atoms. The first-order valence-corrected chi connectivity index (χ1v) is 12.1. The minimum absolute atomic E-state index is 0.00102. The maximum Gasteiger partial charge on any atom is 0.316 e. The first-order chi connectivity index (χ1) is 17.1. The van der Waals surface area contributed by atoms with Gasteiger partial charge in [-0.1, -0.05) is 26.8 Å². The maximum atomic E-state index is 14.9. The van der Waals surface area contributed by atoms with Crippen LogP contribution in [0.2, 0.25) is 0 Å². The maximum absolute atomic E-state index is 14.9. The van der Waals surface area contributed by atoms with Crippen LogP contribution >= 0.6 is 0 Å². The van der Waals surface area contributed by atoms with Gasteiger partial charge in [0.05, 0.1) is 37.7 Å². The third-order valence-electron chi connectivity index (χ3n) is 6.27. The van der Waals surface area contributed by atoms with E-state index < -0.39 is 5.97 Å². The lowest BCUT2D eigenvalue weighted by Gasteiger charge is -2.21. The van der Waals surface area contributed by atoms with E-state index in [9.17, 15) is 14.3 Å². The van der Waals surface area contributed by atoms with Crippen LogP contribution in [0.5, 0.6) is 11.8 Å². The van der Waals surface area contributed by atoms with Crippen LogP contribution in [0.3, 0.4) is 0 Å². The number of nitrogens with zero attached hydrogens (tertiary/aromatic N) is 3. The number of pyridine rings is 1. The van der Waals surface area contributed by atoms with Crippen molar-refractivity contribution >= 4 is 5.97 Å². The van der Waals surface area contributed by atoms with Crippen LogP contribution in [0, 0.1) is 17.2 Å². The first-order valence-electron chi connectivity index (χ1n) is 12.1. The van der Waals surface area contributed by atoms with Gasteiger partial charge >= 0.3 is 12.0 Å². The van der Waals surface area contributed by atoms with Gasteiger partial charge in [0, 0.05) is 22.7 Å². The fourth-order valence-electron chi connectivity index (χ4n) is 4.42. The zero-order valence-electron chi connectivity index (χ0n) is 21.3. The van der Waals surface area contributed by atoms with Crippen molar-refractivity contribution < 1.29 is 23.8 Å². The molecule has 2 aromatic heterocycles. The van der Waals surface area contributed by atoms with Gasteiger partial charge in [0.15, 0.2) is 0 Å². The highest BCUT2D eigenvalue weighted by Crippen LogP contribution is 2.45. The highest BCUT2D eigenvalue weighted by molar-refractivity contribution is 5.71. The number of methoxy groups -OCH3 is 2. The summed E-state index contributed by atoms with van der Waals surface area (Å²) in [5.41, 5.74) is 3.51. The summed E-state index contributed by atoms with van der Waals surface area (Å²) in [4.78, 5) is 25.4. The lowest BCUT2D eigenvalue weighted by Crippen LogP contribution is -2.13. The Morgan fingerprint density at radius 1 is 1.03 bits per heavy atom. The van der Waals surface area contributed by atoms with E-state index in [0.29, 0.717) is 40.4 Å². The minimum atomic E-state index is -0.860. The Morgan fingerprint density at radius 2 is 1.78 bits per heavy atom. The van der Waals surface area contributed by atoms with Crippen LogP contribution in [0.25, 0.3) is 22.5 Å². The van der Waals surface area contributed by atoms with Crippen LogP contribution in [-0.2, 0) is 11.2 Å². The van der Waals surface area contributed by atoms with Gasteiger partial charge in [-0.25, -0.2) is 4.39 Å². The summed E-state index contributed by atoms with van der Waals surface area (Å²) < 4.78 is 25.6. The summed E-state index contributed by atoms with van der Waals surface area (Å²) in [5.74, 6) is -0.575. The van der Waals surface area contributed by atoms with Crippen molar-refractivity contribution in [3.8, 4) is 34.3 Å². The van der Waals surface area contributed by atoms with Crippen LogP contribution in [0.1, 0.15) is 57.3 Å². The van der Waals surface area contributed by atoms with Gasteiger partial charge in [-0.2, -0.15) is 9.97 Å². The molecular formula is C28H32FN3O4. The van der Waals surface area contributed by atoms with E-state index in [4.69, 9.17) is 14.5 Å². The lowest BCUT2D eigenvalue weighted by molar-refractivity contribution is -0.137. The molecule has 1 N–H and O–H groups in total. The first kappa shape index (κ1) is 25.5. The zero-order valence-corrected chi connectivity index (χ0v) is 21.3. The number of benzene rings is 1. The summed E-state index contributed by atoms with van der Waals surface area (Å²) in [5, 5.41) is 9.45. The molecule has 1 aliphatic carbocycles. The van der Waals surface area contributed by atoms with Crippen LogP contribution in [-0.4, -0.2) is 40.2 Å². The molecule has 0 radical (unpaired) electrons. The van der Waals surface area contributed by atoms with E-state index in [1.807, 2.05) is 12.1 Å². The average Bonchev–Trinajstić information content (AvgIpc) is 3.67. The van der Waals surface area contributed by atoms with Crippen molar-refractivity contribution in [3.05, 3.63) is 53.6 Å². The minimum Gasteiger partial charge on any atom is -0.497 e. The van der Waals surface area contributed by atoms with E-state index >= 15 is 0 Å². The van der Waals surface area contributed by atoms with E-state index in [-0.39, 0.29) is 35.5 Å².